The van der Waals surface area contributed by atoms with Crippen LogP contribution in [0.4, 0.5) is 0 Å². The molecule has 0 unspecified atom stereocenters. The molecule has 42 valence electrons. The van der Waals surface area contributed by atoms with Gasteiger partial charge in [-0.15, -0.1) is 0 Å². The smallest absolute Gasteiger partial charge is 0.322 e. The van der Waals surface area contributed by atoms with Crippen LogP contribution in [0.5, 0.6) is 0 Å². The third kappa shape index (κ3) is 5.98. The zero-order valence-corrected chi connectivity index (χ0v) is 5.33. The van der Waals surface area contributed by atoms with Crippen LogP contribution < -0.4 is 0 Å². The lowest BCUT2D eigenvalue weighted by Crippen LogP contribution is -2.01. The van der Waals surface area contributed by atoms with Gasteiger partial charge in [0, 0.05) is 4.21 Å². The van der Waals surface area contributed by atoms with E-state index in [0.717, 1.165) is 0 Å². The summed E-state index contributed by atoms with van der Waals surface area (Å²) in [5, 5.41) is 0. The van der Waals surface area contributed by atoms with Crippen LogP contribution in [0.25, 0.3) is 0 Å². The minimum absolute atomic E-state index is 0.182. The van der Waals surface area contributed by atoms with Crippen molar-refractivity contribution < 1.29 is 8.95 Å². The average molecular weight is 121 g/mol. The van der Waals surface area contributed by atoms with Gasteiger partial charge in [-0.05, 0) is 13.8 Å². The Kier molecular flexibility index (Phi) is 4.14. The van der Waals surface area contributed by atoms with E-state index >= 15 is 0 Å². The Morgan fingerprint density at radius 1 is 1.71 bits per heavy atom. The van der Waals surface area contributed by atoms with Crippen molar-refractivity contribution >= 4 is 11.7 Å². The highest BCUT2D eigenvalue weighted by Gasteiger charge is 1.98. The molecule has 0 aliphatic rings. The Morgan fingerprint density at radius 2 is 2.29 bits per heavy atom. The molecule has 0 aliphatic carbocycles. The second-order valence-corrected chi connectivity index (χ2v) is 1.92. The van der Waals surface area contributed by atoms with Gasteiger partial charge < -0.3 is 4.74 Å². The maximum atomic E-state index is 9.63. The Balaban J connectivity index is 2.81. The maximum Gasteiger partial charge on any atom is 0.489 e. The first-order valence-electron chi connectivity index (χ1n) is 2.13. The molecule has 0 bridgehead atoms. The van der Waals surface area contributed by atoms with Crippen molar-refractivity contribution in [3.05, 3.63) is 0 Å². The van der Waals surface area contributed by atoms with Crippen molar-refractivity contribution in [2.75, 3.05) is 5.94 Å². The number of hydrogen-bond donors (Lipinski definition) is 0. The zero-order valence-electron chi connectivity index (χ0n) is 4.51. The van der Waals surface area contributed by atoms with Crippen LogP contribution in [0.3, 0.4) is 0 Å². The lowest BCUT2D eigenvalue weighted by atomic mass is 10.5. The topological polar surface area (TPSA) is 26.3 Å². The van der Waals surface area contributed by atoms with Crippen molar-refractivity contribution in [1.82, 2.24) is 0 Å². The molecule has 0 N–H and O–H groups in total. The largest absolute Gasteiger partial charge is 0.489 e. The molecule has 0 spiro atoms. The molecular weight excluding hydrogens is 112 g/mol. The predicted molar refractivity (Wildman–Crippen MR) is 29.1 cm³/mol. The zero-order chi connectivity index (χ0) is 5.70. The highest BCUT2D eigenvalue weighted by atomic mass is 32.1. The van der Waals surface area contributed by atoms with Gasteiger partial charge in [0.2, 0.25) is 0 Å². The predicted octanol–water partition coefficient (Wildman–Crippen LogP) is 0.797. The Morgan fingerprint density at radius 3 is 2.43 bits per heavy atom. The van der Waals surface area contributed by atoms with Gasteiger partial charge in [0.15, 0.2) is 0 Å². The van der Waals surface area contributed by atoms with E-state index < -0.39 is 0 Å². The van der Waals surface area contributed by atoms with Gasteiger partial charge in [-0.3, -0.25) is 0 Å². The number of ether oxygens (including phenoxy) is 1. The van der Waals surface area contributed by atoms with Crippen LogP contribution in [0, 0.1) is 0 Å². The van der Waals surface area contributed by atoms with Crippen LogP contribution in [0.15, 0.2) is 0 Å². The van der Waals surface area contributed by atoms with Gasteiger partial charge in [0.25, 0.3) is 0 Å². The third-order valence-corrected chi connectivity index (χ3v) is 0.682. The van der Waals surface area contributed by atoms with Crippen molar-refractivity contribution in [3.8, 4) is 0 Å². The first-order chi connectivity index (χ1) is 3.27. The van der Waals surface area contributed by atoms with Crippen molar-refractivity contribution in [3.63, 3.8) is 0 Å². The molecule has 0 aliphatic heterocycles. The van der Waals surface area contributed by atoms with Crippen LogP contribution in [-0.2, 0) is 20.6 Å². The molecule has 2 nitrogen and oxygen atoms in total. The molecule has 0 heterocycles. The molecule has 3 heteroatoms. The van der Waals surface area contributed by atoms with E-state index in [4.69, 9.17) is 4.74 Å². The monoisotopic (exact) mass is 121 g/mol. The van der Waals surface area contributed by atoms with Crippen molar-refractivity contribution in [2.45, 2.75) is 20.0 Å². The molecule has 0 atom stereocenters. The van der Waals surface area contributed by atoms with Crippen LogP contribution in [-0.4, -0.2) is 12.0 Å². The molecule has 0 amide bonds. The fourth-order valence-electron chi connectivity index (χ4n) is 0.164. The summed E-state index contributed by atoms with van der Waals surface area (Å²) in [5.74, 6) is 0.262. The number of rotatable bonds is 3. The van der Waals surface area contributed by atoms with E-state index in [9.17, 15) is 4.21 Å². The molecule has 0 rings (SSSR count). The van der Waals surface area contributed by atoms with Crippen molar-refractivity contribution in [2.24, 2.45) is 0 Å². The summed E-state index contributed by atoms with van der Waals surface area (Å²) in [7, 11) is 0. The minimum atomic E-state index is 0.182. The summed E-state index contributed by atoms with van der Waals surface area (Å²) in [4.78, 5) is 0. The van der Waals surface area contributed by atoms with E-state index in [1.807, 2.05) is 13.8 Å². The minimum Gasteiger partial charge on any atom is -0.322 e. The Bertz CT molecular complexity index is 53.7. The summed E-state index contributed by atoms with van der Waals surface area (Å²) in [6.07, 6.45) is 0.182. The Labute approximate surface area is 47.4 Å². The molecule has 0 saturated carbocycles. The second-order valence-electron chi connectivity index (χ2n) is 1.45. The summed E-state index contributed by atoms with van der Waals surface area (Å²) < 4.78 is 14.5. The van der Waals surface area contributed by atoms with E-state index in [-0.39, 0.29) is 12.0 Å². The van der Waals surface area contributed by atoms with Crippen LogP contribution >= 0.6 is 0 Å². The highest BCUT2D eigenvalue weighted by molar-refractivity contribution is 7.65. The quantitative estimate of drug-likeness (QED) is 0.407. The maximum absolute atomic E-state index is 9.63. The fourth-order valence-corrected chi connectivity index (χ4v) is 0.492. The second kappa shape index (κ2) is 4.15. The van der Waals surface area contributed by atoms with E-state index in [0.29, 0.717) is 11.7 Å². The van der Waals surface area contributed by atoms with Gasteiger partial charge in [-0.25, -0.2) is 0 Å². The molecule has 0 aromatic heterocycles. The number of hydrogen-bond acceptors (Lipinski definition) is 2. The third-order valence-electron chi connectivity index (χ3n) is 0.449. The molecule has 0 fully saturated rings. The summed E-state index contributed by atoms with van der Waals surface area (Å²) in [6, 6.07) is 0. The highest BCUT2D eigenvalue weighted by Crippen LogP contribution is 1.83. The summed E-state index contributed by atoms with van der Waals surface area (Å²) in [5.41, 5.74) is 0. The molecule has 0 radical (unpaired) electrons. The van der Waals surface area contributed by atoms with Gasteiger partial charge >= 0.3 is 17.6 Å². The molecule has 7 heavy (non-hydrogen) atoms. The molecule has 0 aromatic carbocycles. The molecule has 0 saturated heterocycles. The first kappa shape index (κ1) is 6.98. The summed E-state index contributed by atoms with van der Waals surface area (Å²) in [6.45, 7) is 3.80. The van der Waals surface area contributed by atoms with Crippen molar-refractivity contribution in [1.29, 1.82) is 0 Å². The normalized spacial score (nSPS) is 9.57. The first-order valence-corrected chi connectivity index (χ1v) is 3.05. The van der Waals surface area contributed by atoms with Gasteiger partial charge in [0.1, 0.15) is 0 Å². The fraction of sp³-hybridized carbons (Fsp3) is 1.00. The summed E-state index contributed by atoms with van der Waals surface area (Å²) >= 11 is 0.458. The van der Waals surface area contributed by atoms with Gasteiger partial charge in [-0.1, -0.05) is 0 Å². The Hall–Kier alpha value is -0.0200. The van der Waals surface area contributed by atoms with E-state index in [1.54, 1.807) is 0 Å². The standard InChI is InChI=1S/C4H9O2S/c1-4(2)6-3-7-5/h4H,3H2,1-2H3/q+1. The van der Waals surface area contributed by atoms with Gasteiger partial charge in [-0.2, -0.15) is 0 Å². The lowest BCUT2D eigenvalue weighted by molar-refractivity contribution is 0.119. The average Bonchev–Trinajstić information content (AvgIpc) is 1.61. The molecule has 0 aromatic rings. The van der Waals surface area contributed by atoms with E-state index in [2.05, 4.69) is 0 Å². The molecular formula is C4H9O2S+. The van der Waals surface area contributed by atoms with E-state index in [1.165, 1.54) is 0 Å². The SMILES string of the molecule is CC(C)OC[S+]=O. The van der Waals surface area contributed by atoms with Crippen LogP contribution in [0.1, 0.15) is 13.8 Å². The van der Waals surface area contributed by atoms with Gasteiger partial charge in [0.05, 0.1) is 6.10 Å². The van der Waals surface area contributed by atoms with Crippen LogP contribution in [0.2, 0.25) is 0 Å². The lowest BCUT2D eigenvalue weighted by Gasteiger charge is -1.94.